The highest BCUT2D eigenvalue weighted by molar-refractivity contribution is 6.15. The molecule has 0 fully saturated rings. The Bertz CT molecular complexity index is 4280. The van der Waals surface area contributed by atoms with Crippen LogP contribution in [0.25, 0.3) is 115 Å². The van der Waals surface area contributed by atoms with Gasteiger partial charge in [-0.25, -0.2) is 0 Å². The van der Waals surface area contributed by atoms with E-state index in [1.165, 1.54) is 60.0 Å². The molecular weight excluding hydrogens is 861 g/mol. The van der Waals surface area contributed by atoms with Crippen LogP contribution in [0.3, 0.4) is 0 Å². The van der Waals surface area contributed by atoms with Gasteiger partial charge in [0.2, 0.25) is 0 Å². The minimum Gasteiger partial charge on any atom is -0.455 e. The smallest absolute Gasteiger partial charge is 0.143 e. The van der Waals surface area contributed by atoms with Crippen molar-refractivity contribution in [1.82, 2.24) is 4.57 Å². The second-order valence-electron chi connectivity index (χ2n) is 18.4. The quantitative estimate of drug-likeness (QED) is 0.142. The highest BCUT2D eigenvalue weighted by atomic mass is 16.3. The Morgan fingerprint density at radius 3 is 1.56 bits per heavy atom. The first-order valence-corrected chi connectivity index (χ1v) is 24.3. The van der Waals surface area contributed by atoms with Crippen molar-refractivity contribution in [3.63, 3.8) is 0 Å². The zero-order valence-corrected chi connectivity index (χ0v) is 38.7. The zero-order chi connectivity index (χ0) is 46.8. The van der Waals surface area contributed by atoms with Gasteiger partial charge in [-0.15, -0.1) is 0 Å². The summed E-state index contributed by atoms with van der Waals surface area (Å²) < 4.78 is 8.97. The molecule has 0 bridgehead atoms. The average molecular weight is 905 g/mol. The van der Waals surface area contributed by atoms with Crippen molar-refractivity contribution in [2.24, 2.45) is 0 Å². The van der Waals surface area contributed by atoms with Gasteiger partial charge >= 0.3 is 0 Å². The maximum atomic E-state index is 6.52. The fraction of sp³-hybridized carbons (Fsp3) is 0. The lowest BCUT2D eigenvalue weighted by atomic mass is 9.92. The number of para-hydroxylation sites is 5. The van der Waals surface area contributed by atoms with Crippen LogP contribution in [-0.2, 0) is 0 Å². The molecule has 0 amide bonds. The third-order valence-corrected chi connectivity index (χ3v) is 14.4. The molecule has 2 heterocycles. The Balaban J connectivity index is 0.950. The summed E-state index contributed by atoms with van der Waals surface area (Å²) in [6, 6.07) is 96.8. The summed E-state index contributed by atoms with van der Waals surface area (Å²) in [5.74, 6) is 0. The van der Waals surface area contributed by atoms with Crippen LogP contribution in [0.15, 0.2) is 271 Å². The predicted octanol–water partition coefficient (Wildman–Crippen LogP) is 19.1. The van der Waals surface area contributed by atoms with Crippen LogP contribution in [0.4, 0.5) is 17.1 Å². The van der Waals surface area contributed by atoms with Crippen molar-refractivity contribution >= 4 is 82.4 Å². The first kappa shape index (κ1) is 40.6. The van der Waals surface area contributed by atoms with Crippen LogP contribution in [-0.4, -0.2) is 4.57 Å². The van der Waals surface area contributed by atoms with Gasteiger partial charge in [0, 0.05) is 49.6 Å². The Morgan fingerprint density at radius 2 is 0.831 bits per heavy atom. The standard InChI is InChI=1S/C68H44N2O/c1-2-17-45(18-3-1)48-37-42-53(66(44-48)70-64-30-13-8-23-57(64)58-24-9-14-31-65(58)70)46-33-38-50(39-34-46)69(51-40-35-47(36-41-51)54-27-16-28-61-60-26-11-15-32-67(60)71-68(54)61)63-29-12-10-25-59(63)62-43-49-19-4-5-20-52(49)55-21-6-7-22-56(55)62/h1-44H. The summed E-state index contributed by atoms with van der Waals surface area (Å²) in [6.45, 7) is 0. The highest BCUT2D eigenvalue weighted by Gasteiger charge is 2.22. The van der Waals surface area contributed by atoms with Gasteiger partial charge in [-0.1, -0.05) is 206 Å². The van der Waals surface area contributed by atoms with Gasteiger partial charge in [-0.05, 0) is 110 Å². The van der Waals surface area contributed by atoms with Crippen LogP contribution < -0.4 is 4.90 Å². The molecule has 0 saturated carbocycles. The van der Waals surface area contributed by atoms with E-state index in [2.05, 4.69) is 264 Å². The molecular formula is C68H44N2O. The molecule has 2 aromatic heterocycles. The van der Waals surface area contributed by atoms with Gasteiger partial charge in [0.1, 0.15) is 11.2 Å². The lowest BCUT2D eigenvalue weighted by molar-refractivity contribution is 0.670. The first-order valence-electron chi connectivity index (χ1n) is 24.3. The number of rotatable bonds is 8. The Hall–Kier alpha value is -9.44. The molecule has 0 aliphatic heterocycles. The first-order chi connectivity index (χ1) is 35.2. The Kier molecular flexibility index (Phi) is 9.53. The molecule has 0 N–H and O–H groups in total. The number of nitrogens with zero attached hydrogens (tertiary/aromatic N) is 2. The predicted molar refractivity (Wildman–Crippen MR) is 299 cm³/mol. The Labute approximate surface area is 411 Å². The molecule has 0 saturated heterocycles. The SMILES string of the molecule is c1ccc(-c2ccc(-c3ccc(N(c4ccc(-c5cccc6c5oc5ccccc56)cc4)c4ccccc4-c4cc5ccccc5c5ccccc45)cc3)c(-n3c4ccccc4c4ccccc43)c2)cc1. The van der Waals surface area contributed by atoms with E-state index in [9.17, 15) is 0 Å². The van der Waals surface area contributed by atoms with E-state index < -0.39 is 0 Å². The third kappa shape index (κ3) is 6.74. The largest absolute Gasteiger partial charge is 0.455 e. The highest BCUT2D eigenvalue weighted by Crippen LogP contribution is 2.46. The fourth-order valence-corrected chi connectivity index (χ4v) is 11.1. The molecule has 3 nitrogen and oxygen atoms in total. The minimum atomic E-state index is 0.897. The molecule has 0 aliphatic rings. The lowest BCUT2D eigenvalue weighted by Gasteiger charge is -2.29. The normalized spacial score (nSPS) is 11.7. The van der Waals surface area contributed by atoms with E-state index in [0.29, 0.717) is 0 Å². The average Bonchev–Trinajstić information content (AvgIpc) is 4.00. The van der Waals surface area contributed by atoms with Crippen molar-refractivity contribution in [3.8, 4) is 50.2 Å². The van der Waals surface area contributed by atoms with Gasteiger partial charge < -0.3 is 13.9 Å². The van der Waals surface area contributed by atoms with Crippen molar-refractivity contribution in [1.29, 1.82) is 0 Å². The van der Waals surface area contributed by atoms with Crippen molar-refractivity contribution in [3.05, 3.63) is 267 Å². The molecule has 332 valence electrons. The van der Waals surface area contributed by atoms with Crippen LogP contribution in [0.2, 0.25) is 0 Å². The zero-order valence-electron chi connectivity index (χ0n) is 38.7. The summed E-state index contributed by atoms with van der Waals surface area (Å²) in [4.78, 5) is 2.42. The van der Waals surface area contributed by atoms with Crippen molar-refractivity contribution in [2.45, 2.75) is 0 Å². The lowest BCUT2D eigenvalue weighted by Crippen LogP contribution is -2.11. The second kappa shape index (κ2) is 16.7. The minimum absolute atomic E-state index is 0.897. The maximum absolute atomic E-state index is 6.52. The van der Waals surface area contributed by atoms with Crippen LogP contribution in [0.1, 0.15) is 0 Å². The summed E-state index contributed by atoms with van der Waals surface area (Å²) in [6.07, 6.45) is 0. The molecule has 14 aromatic rings. The van der Waals surface area contributed by atoms with E-state index >= 15 is 0 Å². The molecule has 0 aliphatic carbocycles. The summed E-state index contributed by atoms with van der Waals surface area (Å²) in [7, 11) is 0. The molecule has 0 atom stereocenters. The number of anilines is 3. The monoisotopic (exact) mass is 904 g/mol. The number of benzene rings is 12. The molecule has 71 heavy (non-hydrogen) atoms. The van der Waals surface area contributed by atoms with Gasteiger partial charge in [-0.3, -0.25) is 0 Å². The number of hydrogen-bond donors (Lipinski definition) is 0. The van der Waals surface area contributed by atoms with E-state index in [-0.39, 0.29) is 0 Å². The van der Waals surface area contributed by atoms with Gasteiger partial charge in [-0.2, -0.15) is 0 Å². The van der Waals surface area contributed by atoms with E-state index in [0.717, 1.165) is 72.5 Å². The van der Waals surface area contributed by atoms with Crippen LogP contribution in [0.5, 0.6) is 0 Å². The molecule has 12 aromatic carbocycles. The van der Waals surface area contributed by atoms with Crippen LogP contribution in [0, 0.1) is 0 Å². The molecule has 0 unspecified atom stereocenters. The summed E-state index contributed by atoms with van der Waals surface area (Å²) in [5, 5.41) is 9.66. The maximum Gasteiger partial charge on any atom is 0.143 e. The number of hydrogen-bond acceptors (Lipinski definition) is 2. The van der Waals surface area contributed by atoms with Crippen molar-refractivity contribution in [2.75, 3.05) is 4.90 Å². The van der Waals surface area contributed by atoms with Crippen molar-refractivity contribution < 1.29 is 4.42 Å². The summed E-state index contributed by atoms with van der Waals surface area (Å²) >= 11 is 0. The third-order valence-electron chi connectivity index (χ3n) is 14.4. The fourth-order valence-electron chi connectivity index (χ4n) is 11.1. The molecule has 0 spiro atoms. The van der Waals surface area contributed by atoms with Gasteiger partial charge in [0.05, 0.1) is 22.4 Å². The molecule has 14 rings (SSSR count). The second-order valence-corrected chi connectivity index (χ2v) is 18.4. The Morgan fingerprint density at radius 1 is 0.296 bits per heavy atom. The van der Waals surface area contributed by atoms with E-state index in [1.54, 1.807) is 0 Å². The topological polar surface area (TPSA) is 21.3 Å². The molecule has 3 heteroatoms. The number of furan rings is 1. The number of aromatic nitrogens is 1. The van der Waals surface area contributed by atoms with Crippen LogP contribution >= 0.6 is 0 Å². The number of fused-ring (bicyclic) bond motifs is 9. The van der Waals surface area contributed by atoms with E-state index in [4.69, 9.17) is 4.42 Å². The molecule has 0 radical (unpaired) electrons. The van der Waals surface area contributed by atoms with E-state index in [1.807, 2.05) is 12.1 Å². The van der Waals surface area contributed by atoms with Gasteiger partial charge in [0.25, 0.3) is 0 Å². The summed E-state index contributed by atoms with van der Waals surface area (Å²) in [5.41, 5.74) is 17.6. The van der Waals surface area contributed by atoms with Gasteiger partial charge in [0.15, 0.2) is 0 Å².